The Morgan fingerprint density at radius 2 is 2.13 bits per heavy atom. The summed E-state index contributed by atoms with van der Waals surface area (Å²) in [6.07, 6.45) is 3.20. The average molecular weight is 430 g/mol. The number of morpholine rings is 1. The second-order valence-electron chi connectivity index (χ2n) is 7.76. The minimum atomic E-state index is -1.02. The summed E-state index contributed by atoms with van der Waals surface area (Å²) in [5, 5.41) is 2.96. The number of amides is 2. The standard InChI is InChI=1S/C22H27N3O4S/c1-16-19(30-15-24-16)20(26)25-11-13-29-22(14-25)9-5-4-7-17-6-2-3-8-18(17)28-12-10-23-21(22)27/h2-3,6,8,15H,4-5,7,9-14H2,1H3,(H,23,27). The van der Waals surface area contributed by atoms with Gasteiger partial charge in [-0.3, -0.25) is 9.59 Å². The number of nitrogens with one attached hydrogen (secondary N) is 1. The van der Waals surface area contributed by atoms with E-state index in [9.17, 15) is 9.59 Å². The van der Waals surface area contributed by atoms with E-state index in [4.69, 9.17) is 9.47 Å². The Labute approximate surface area is 180 Å². The van der Waals surface area contributed by atoms with Crippen LogP contribution in [0.25, 0.3) is 0 Å². The molecule has 0 radical (unpaired) electrons. The Hall–Kier alpha value is -2.45. The molecule has 0 aliphatic carbocycles. The molecule has 2 aliphatic heterocycles. The van der Waals surface area contributed by atoms with E-state index in [2.05, 4.69) is 16.4 Å². The molecule has 1 atom stereocenters. The van der Waals surface area contributed by atoms with Gasteiger partial charge in [-0.25, -0.2) is 4.98 Å². The van der Waals surface area contributed by atoms with Crippen molar-refractivity contribution in [3.8, 4) is 5.75 Å². The molecule has 1 aromatic heterocycles. The van der Waals surface area contributed by atoms with Crippen LogP contribution in [0.4, 0.5) is 0 Å². The number of nitrogens with zero attached hydrogens (tertiary/aromatic N) is 2. The third-order valence-corrected chi connectivity index (χ3v) is 6.64. The van der Waals surface area contributed by atoms with E-state index < -0.39 is 5.60 Å². The first-order valence-electron chi connectivity index (χ1n) is 10.4. The zero-order valence-corrected chi connectivity index (χ0v) is 18.0. The SMILES string of the molecule is Cc1ncsc1C(=O)N1CCOC2(CCCCc3ccccc3OCCNC2=O)C1. The van der Waals surface area contributed by atoms with Crippen molar-refractivity contribution in [1.82, 2.24) is 15.2 Å². The van der Waals surface area contributed by atoms with Gasteiger partial charge in [0.2, 0.25) is 0 Å². The van der Waals surface area contributed by atoms with Crippen LogP contribution in [-0.2, 0) is 16.0 Å². The molecular formula is C22H27N3O4S. The maximum Gasteiger partial charge on any atom is 0.266 e. The van der Waals surface area contributed by atoms with Crippen LogP contribution in [-0.4, -0.2) is 60.1 Å². The fraction of sp³-hybridized carbons (Fsp3) is 0.500. The molecule has 1 N–H and O–H groups in total. The number of rotatable bonds is 1. The molecule has 0 saturated carbocycles. The highest BCUT2D eigenvalue weighted by molar-refractivity contribution is 7.11. The van der Waals surface area contributed by atoms with Gasteiger partial charge in [0.1, 0.15) is 17.2 Å². The van der Waals surface area contributed by atoms with Crippen LogP contribution in [0, 0.1) is 6.92 Å². The summed E-state index contributed by atoms with van der Waals surface area (Å²) >= 11 is 1.34. The largest absolute Gasteiger partial charge is 0.491 e. The highest BCUT2D eigenvalue weighted by Crippen LogP contribution is 2.29. The molecule has 1 fully saturated rings. The molecule has 1 saturated heterocycles. The van der Waals surface area contributed by atoms with Gasteiger partial charge in [-0.1, -0.05) is 18.2 Å². The number of para-hydroxylation sites is 1. The molecule has 3 heterocycles. The Morgan fingerprint density at radius 1 is 1.27 bits per heavy atom. The van der Waals surface area contributed by atoms with Gasteiger partial charge < -0.3 is 19.7 Å². The normalized spacial score (nSPS) is 23.0. The highest BCUT2D eigenvalue weighted by atomic mass is 32.1. The van der Waals surface area contributed by atoms with E-state index in [1.165, 1.54) is 16.9 Å². The molecule has 2 aromatic rings. The summed E-state index contributed by atoms with van der Waals surface area (Å²) in [6, 6.07) is 8.04. The number of aromatic nitrogens is 1. The zero-order chi connectivity index (χ0) is 21.0. The molecule has 4 rings (SSSR count). The van der Waals surface area contributed by atoms with Crippen molar-refractivity contribution < 1.29 is 19.1 Å². The summed E-state index contributed by atoms with van der Waals surface area (Å²) in [4.78, 5) is 32.7. The van der Waals surface area contributed by atoms with Crippen molar-refractivity contribution in [3.05, 3.63) is 45.9 Å². The second-order valence-corrected chi connectivity index (χ2v) is 8.61. The number of fused-ring (bicyclic) bond motifs is 1. The van der Waals surface area contributed by atoms with E-state index in [1.807, 2.05) is 25.1 Å². The van der Waals surface area contributed by atoms with E-state index in [0.29, 0.717) is 37.6 Å². The monoisotopic (exact) mass is 429 g/mol. The lowest BCUT2D eigenvalue weighted by Gasteiger charge is -2.41. The number of thiazole rings is 1. The van der Waals surface area contributed by atoms with Gasteiger partial charge in [-0.05, 0) is 44.2 Å². The summed E-state index contributed by atoms with van der Waals surface area (Å²) in [6.45, 7) is 3.69. The van der Waals surface area contributed by atoms with Crippen LogP contribution >= 0.6 is 11.3 Å². The van der Waals surface area contributed by atoms with Crippen LogP contribution in [0.2, 0.25) is 0 Å². The Balaban J connectivity index is 1.50. The molecule has 8 heteroatoms. The van der Waals surface area contributed by atoms with E-state index in [1.54, 1.807) is 10.4 Å². The summed E-state index contributed by atoms with van der Waals surface area (Å²) in [5.74, 6) is 0.639. The maximum atomic E-state index is 13.1. The lowest BCUT2D eigenvalue weighted by molar-refractivity contribution is -0.159. The topological polar surface area (TPSA) is 80.8 Å². The minimum absolute atomic E-state index is 0.0751. The van der Waals surface area contributed by atoms with Crippen molar-refractivity contribution in [1.29, 1.82) is 0 Å². The first-order valence-corrected chi connectivity index (χ1v) is 11.3. The van der Waals surface area contributed by atoms with Gasteiger partial charge in [-0.15, -0.1) is 11.3 Å². The first-order chi connectivity index (χ1) is 14.6. The molecule has 2 aliphatic rings. The zero-order valence-electron chi connectivity index (χ0n) is 17.2. The Morgan fingerprint density at radius 3 is 2.97 bits per heavy atom. The van der Waals surface area contributed by atoms with E-state index in [0.717, 1.165) is 30.7 Å². The fourth-order valence-corrected chi connectivity index (χ4v) is 4.84. The molecule has 2 amide bonds. The molecule has 30 heavy (non-hydrogen) atoms. The smallest absolute Gasteiger partial charge is 0.266 e. The Bertz CT molecular complexity index is 915. The van der Waals surface area contributed by atoms with E-state index in [-0.39, 0.29) is 18.4 Å². The van der Waals surface area contributed by atoms with Gasteiger partial charge in [0.15, 0.2) is 5.60 Å². The third-order valence-electron chi connectivity index (χ3n) is 5.72. The van der Waals surface area contributed by atoms with Gasteiger partial charge in [0.05, 0.1) is 30.9 Å². The van der Waals surface area contributed by atoms with Crippen LogP contribution in [0.3, 0.4) is 0 Å². The number of ether oxygens (including phenoxy) is 2. The van der Waals surface area contributed by atoms with Crippen molar-refractivity contribution >= 4 is 23.2 Å². The first kappa shape index (κ1) is 20.8. The number of hydrogen-bond donors (Lipinski definition) is 1. The van der Waals surface area contributed by atoms with Crippen molar-refractivity contribution in [3.63, 3.8) is 0 Å². The number of benzene rings is 1. The third kappa shape index (κ3) is 4.34. The van der Waals surface area contributed by atoms with Gasteiger partial charge >= 0.3 is 0 Å². The predicted molar refractivity (Wildman–Crippen MR) is 114 cm³/mol. The second kappa shape index (κ2) is 9.14. The lowest BCUT2D eigenvalue weighted by atomic mass is 9.91. The average Bonchev–Trinajstić information content (AvgIpc) is 3.19. The van der Waals surface area contributed by atoms with Crippen molar-refractivity contribution in [2.45, 2.75) is 38.2 Å². The summed E-state index contributed by atoms with van der Waals surface area (Å²) < 4.78 is 11.9. The number of hydrogen-bond acceptors (Lipinski definition) is 6. The molecule has 0 bridgehead atoms. The maximum absolute atomic E-state index is 13.1. The summed E-state index contributed by atoms with van der Waals surface area (Å²) in [5.41, 5.74) is 2.56. The van der Waals surface area contributed by atoms with Gasteiger partial charge in [-0.2, -0.15) is 0 Å². The van der Waals surface area contributed by atoms with E-state index >= 15 is 0 Å². The molecular weight excluding hydrogens is 402 g/mol. The molecule has 1 aromatic carbocycles. The number of aryl methyl sites for hydroxylation is 2. The molecule has 1 spiro atoms. The van der Waals surface area contributed by atoms with Gasteiger partial charge in [0.25, 0.3) is 11.8 Å². The van der Waals surface area contributed by atoms with Gasteiger partial charge in [0, 0.05) is 6.54 Å². The predicted octanol–water partition coefficient (Wildman–Crippen LogP) is 2.58. The fourth-order valence-electron chi connectivity index (χ4n) is 4.07. The quantitative estimate of drug-likeness (QED) is 0.754. The number of carbonyl (C=O) groups is 2. The number of carbonyl (C=O) groups excluding carboxylic acids is 2. The molecule has 160 valence electrons. The summed E-state index contributed by atoms with van der Waals surface area (Å²) in [7, 11) is 0. The molecule has 7 nitrogen and oxygen atoms in total. The Kier molecular flexibility index (Phi) is 6.34. The van der Waals surface area contributed by atoms with Crippen LogP contribution < -0.4 is 10.1 Å². The van der Waals surface area contributed by atoms with Crippen molar-refractivity contribution in [2.24, 2.45) is 0 Å². The molecule has 1 unspecified atom stereocenters. The van der Waals surface area contributed by atoms with Crippen molar-refractivity contribution in [2.75, 3.05) is 32.8 Å². The minimum Gasteiger partial charge on any atom is -0.491 e. The lowest BCUT2D eigenvalue weighted by Crippen LogP contribution is -2.61. The van der Waals surface area contributed by atoms with Crippen LogP contribution in [0.5, 0.6) is 5.75 Å². The van der Waals surface area contributed by atoms with Crippen LogP contribution in [0.1, 0.15) is 40.2 Å². The highest BCUT2D eigenvalue weighted by Gasteiger charge is 2.44. The van der Waals surface area contributed by atoms with Crippen LogP contribution in [0.15, 0.2) is 29.8 Å².